The molecule has 0 fully saturated rings. The highest BCUT2D eigenvalue weighted by atomic mass is 32.1. The maximum absolute atomic E-state index is 8.75. The monoisotopic (exact) mass is 284 g/mol. The molecule has 0 radical (unpaired) electrons. The molecule has 102 valence electrons. The molecule has 20 heavy (non-hydrogen) atoms. The third kappa shape index (κ3) is 4.11. The molecule has 0 spiro atoms. The minimum absolute atomic E-state index is 0.675. The Bertz CT molecular complexity index is 594. The largest absolute Gasteiger partial charge is 0.352 e. The molecular weight excluding hydrogens is 268 g/mol. The van der Waals surface area contributed by atoms with Gasteiger partial charge in [0.1, 0.15) is 0 Å². The van der Waals surface area contributed by atoms with Gasteiger partial charge in [-0.05, 0) is 29.1 Å². The topological polar surface area (TPSA) is 60.2 Å². The van der Waals surface area contributed by atoms with Gasteiger partial charge in [0.05, 0.1) is 18.2 Å². The van der Waals surface area contributed by atoms with E-state index >= 15 is 0 Å². The third-order valence-electron chi connectivity index (χ3n) is 2.78. The number of hydrogen-bond acceptors (Lipinski definition) is 3. The lowest BCUT2D eigenvalue weighted by Crippen LogP contribution is -2.36. The summed E-state index contributed by atoms with van der Waals surface area (Å²) in [4.78, 5) is 5.45. The molecule has 0 aliphatic heterocycles. The van der Waals surface area contributed by atoms with E-state index in [-0.39, 0.29) is 0 Å². The number of nitrogens with one attached hydrogen (secondary N) is 2. The molecule has 1 heterocycles. The van der Waals surface area contributed by atoms with E-state index < -0.39 is 0 Å². The predicted octanol–water partition coefficient (Wildman–Crippen LogP) is 2.48. The molecule has 1 aromatic carbocycles. The van der Waals surface area contributed by atoms with Crippen molar-refractivity contribution in [2.75, 3.05) is 7.05 Å². The van der Waals surface area contributed by atoms with Crippen LogP contribution < -0.4 is 10.6 Å². The zero-order chi connectivity index (χ0) is 14.2. The first-order valence-corrected chi connectivity index (χ1v) is 7.15. The van der Waals surface area contributed by atoms with Crippen molar-refractivity contribution in [3.63, 3.8) is 0 Å². The van der Waals surface area contributed by atoms with Crippen LogP contribution in [0.3, 0.4) is 0 Å². The van der Waals surface area contributed by atoms with Gasteiger partial charge in [-0.2, -0.15) is 5.26 Å². The first-order chi connectivity index (χ1) is 9.81. The van der Waals surface area contributed by atoms with Crippen LogP contribution in [-0.2, 0) is 13.1 Å². The Morgan fingerprint density at radius 1 is 1.20 bits per heavy atom. The first kappa shape index (κ1) is 14.1. The fourth-order valence-corrected chi connectivity index (χ4v) is 2.33. The highest BCUT2D eigenvalue weighted by molar-refractivity contribution is 7.09. The maximum Gasteiger partial charge on any atom is 0.191 e. The van der Waals surface area contributed by atoms with Crippen LogP contribution in [0.2, 0.25) is 0 Å². The lowest BCUT2D eigenvalue weighted by atomic mass is 10.1. The van der Waals surface area contributed by atoms with Gasteiger partial charge >= 0.3 is 0 Å². The minimum Gasteiger partial charge on any atom is -0.352 e. The van der Waals surface area contributed by atoms with Crippen molar-refractivity contribution in [2.45, 2.75) is 13.1 Å². The lowest BCUT2D eigenvalue weighted by Gasteiger charge is -2.11. The Kier molecular flexibility index (Phi) is 5.15. The number of thiophene rings is 1. The molecule has 1 aromatic heterocycles. The van der Waals surface area contributed by atoms with Crippen molar-refractivity contribution < 1.29 is 0 Å². The highest BCUT2D eigenvalue weighted by Gasteiger charge is 1.99. The van der Waals surface area contributed by atoms with Crippen LogP contribution in [0.5, 0.6) is 0 Å². The summed E-state index contributed by atoms with van der Waals surface area (Å²) in [5.74, 6) is 0.766. The fourth-order valence-electron chi connectivity index (χ4n) is 1.69. The number of benzene rings is 1. The summed E-state index contributed by atoms with van der Waals surface area (Å²) in [6.45, 7) is 1.44. The summed E-state index contributed by atoms with van der Waals surface area (Å²) >= 11 is 1.72. The molecule has 0 bridgehead atoms. The van der Waals surface area contributed by atoms with E-state index in [0.29, 0.717) is 12.1 Å². The quantitative estimate of drug-likeness (QED) is 0.670. The van der Waals surface area contributed by atoms with Crippen molar-refractivity contribution in [3.8, 4) is 6.07 Å². The predicted molar refractivity (Wildman–Crippen MR) is 82.5 cm³/mol. The van der Waals surface area contributed by atoms with Crippen molar-refractivity contribution in [2.24, 2.45) is 4.99 Å². The zero-order valence-electron chi connectivity index (χ0n) is 11.3. The van der Waals surface area contributed by atoms with E-state index in [9.17, 15) is 0 Å². The summed E-state index contributed by atoms with van der Waals surface area (Å²) in [6, 6.07) is 13.8. The van der Waals surface area contributed by atoms with Gasteiger partial charge < -0.3 is 10.6 Å². The number of guanidine groups is 1. The van der Waals surface area contributed by atoms with Crippen LogP contribution in [0.15, 0.2) is 46.8 Å². The molecule has 5 heteroatoms. The van der Waals surface area contributed by atoms with Crippen LogP contribution in [0.1, 0.15) is 16.0 Å². The molecule has 0 unspecified atom stereocenters. The molecule has 2 aromatic rings. The van der Waals surface area contributed by atoms with Crippen LogP contribution in [0, 0.1) is 11.3 Å². The van der Waals surface area contributed by atoms with Gasteiger partial charge in [-0.15, -0.1) is 11.3 Å². The van der Waals surface area contributed by atoms with E-state index in [1.165, 1.54) is 4.88 Å². The van der Waals surface area contributed by atoms with E-state index in [0.717, 1.165) is 18.1 Å². The zero-order valence-corrected chi connectivity index (χ0v) is 12.1. The summed E-state index contributed by atoms with van der Waals surface area (Å²) in [6.07, 6.45) is 0. The van der Waals surface area contributed by atoms with E-state index in [2.05, 4.69) is 33.1 Å². The Balaban J connectivity index is 1.82. The van der Waals surface area contributed by atoms with Gasteiger partial charge in [0.2, 0.25) is 0 Å². The Morgan fingerprint density at radius 2 is 1.95 bits per heavy atom. The molecule has 2 N–H and O–H groups in total. The molecule has 0 aliphatic rings. The number of nitrogens with zero attached hydrogens (tertiary/aromatic N) is 2. The van der Waals surface area contributed by atoms with Gasteiger partial charge in [0.15, 0.2) is 5.96 Å². The van der Waals surface area contributed by atoms with Gasteiger partial charge in [-0.25, -0.2) is 0 Å². The summed E-state index contributed by atoms with van der Waals surface area (Å²) < 4.78 is 0. The molecule has 0 saturated heterocycles. The summed E-state index contributed by atoms with van der Waals surface area (Å²) in [7, 11) is 1.75. The Morgan fingerprint density at radius 3 is 2.55 bits per heavy atom. The van der Waals surface area contributed by atoms with Gasteiger partial charge in [0.25, 0.3) is 0 Å². The molecule has 0 saturated carbocycles. The Labute approximate surface area is 122 Å². The highest BCUT2D eigenvalue weighted by Crippen LogP contribution is 2.07. The van der Waals surface area contributed by atoms with Crippen LogP contribution in [0.25, 0.3) is 0 Å². The van der Waals surface area contributed by atoms with E-state index in [4.69, 9.17) is 5.26 Å². The molecule has 4 nitrogen and oxygen atoms in total. The van der Waals surface area contributed by atoms with E-state index in [1.54, 1.807) is 18.4 Å². The van der Waals surface area contributed by atoms with Crippen LogP contribution in [0.4, 0.5) is 0 Å². The standard InChI is InChI=1S/C15H16N4S/c1-17-15(19-11-14-3-2-8-20-14)18-10-13-6-4-12(9-16)5-7-13/h2-8H,10-11H2,1H3,(H2,17,18,19). The molecule has 0 amide bonds. The average Bonchev–Trinajstić information content (AvgIpc) is 3.01. The van der Waals surface area contributed by atoms with Gasteiger partial charge in [0, 0.05) is 18.5 Å². The number of hydrogen-bond donors (Lipinski definition) is 2. The molecule has 2 rings (SSSR count). The Hall–Kier alpha value is -2.32. The second kappa shape index (κ2) is 7.31. The second-order valence-corrected chi connectivity index (χ2v) is 5.20. The lowest BCUT2D eigenvalue weighted by molar-refractivity contribution is 0.815. The third-order valence-corrected chi connectivity index (χ3v) is 3.65. The summed E-state index contributed by atoms with van der Waals surface area (Å²) in [5.41, 5.74) is 1.79. The normalized spacial score (nSPS) is 10.9. The SMILES string of the molecule is CN=C(NCc1ccc(C#N)cc1)NCc1cccs1. The smallest absolute Gasteiger partial charge is 0.191 e. The van der Waals surface area contributed by atoms with Crippen molar-refractivity contribution in [3.05, 3.63) is 57.8 Å². The van der Waals surface area contributed by atoms with Crippen LogP contribution in [-0.4, -0.2) is 13.0 Å². The number of aliphatic imine (C=N–C) groups is 1. The summed E-state index contributed by atoms with van der Waals surface area (Å²) in [5, 5.41) is 17.3. The molecule has 0 aliphatic carbocycles. The van der Waals surface area contributed by atoms with Crippen molar-refractivity contribution in [1.29, 1.82) is 5.26 Å². The fraction of sp³-hybridized carbons (Fsp3) is 0.200. The second-order valence-electron chi connectivity index (χ2n) is 4.17. The van der Waals surface area contributed by atoms with Gasteiger partial charge in [-0.1, -0.05) is 18.2 Å². The molecular formula is C15H16N4S. The molecule has 0 atom stereocenters. The van der Waals surface area contributed by atoms with Crippen molar-refractivity contribution >= 4 is 17.3 Å². The minimum atomic E-state index is 0.675. The average molecular weight is 284 g/mol. The van der Waals surface area contributed by atoms with Crippen molar-refractivity contribution in [1.82, 2.24) is 10.6 Å². The number of rotatable bonds is 4. The van der Waals surface area contributed by atoms with Crippen LogP contribution >= 0.6 is 11.3 Å². The van der Waals surface area contributed by atoms with E-state index in [1.807, 2.05) is 30.3 Å². The number of nitriles is 1. The first-order valence-electron chi connectivity index (χ1n) is 6.28. The van der Waals surface area contributed by atoms with Gasteiger partial charge in [-0.3, -0.25) is 4.99 Å². The maximum atomic E-state index is 8.75.